The molecule has 0 aliphatic carbocycles. The number of halogens is 2. The van der Waals surface area contributed by atoms with E-state index in [1.807, 2.05) is 26.8 Å². The molecule has 0 atom stereocenters. The number of hydrogen-bond acceptors (Lipinski definition) is 6. The Labute approximate surface area is 157 Å². The second kappa shape index (κ2) is 6.63. The van der Waals surface area contributed by atoms with E-state index in [0.717, 1.165) is 9.90 Å². The van der Waals surface area contributed by atoms with Crippen molar-refractivity contribution in [1.82, 2.24) is 19.8 Å². The van der Waals surface area contributed by atoms with E-state index < -0.39 is 0 Å². The molecule has 0 radical (unpaired) electrons. The van der Waals surface area contributed by atoms with Gasteiger partial charge in [0.2, 0.25) is 4.96 Å². The molecule has 9 heteroatoms. The smallest absolute Gasteiger partial charge is 0.265 e. The molecule has 3 aromatic rings. The third-order valence-electron chi connectivity index (χ3n) is 3.25. The molecule has 0 N–H and O–H groups in total. The summed E-state index contributed by atoms with van der Waals surface area (Å²) in [4.78, 5) is 13.0. The summed E-state index contributed by atoms with van der Waals surface area (Å²) < 4.78 is 2.06. The number of nitrogens with zero attached hydrogens (tertiary/aromatic N) is 4. The average molecular weight is 401 g/mol. The molecule has 0 spiro atoms. The highest BCUT2D eigenvalue weighted by atomic mass is 35.5. The summed E-state index contributed by atoms with van der Waals surface area (Å²) >= 11 is 14.9. The van der Waals surface area contributed by atoms with Crippen LogP contribution in [0.5, 0.6) is 0 Å². The van der Waals surface area contributed by atoms with Crippen molar-refractivity contribution in [2.24, 2.45) is 0 Å². The topological polar surface area (TPSA) is 60.1 Å². The van der Waals surface area contributed by atoms with Crippen molar-refractivity contribution in [1.29, 1.82) is 0 Å². The average Bonchev–Trinajstić information content (AvgIpc) is 2.89. The van der Waals surface area contributed by atoms with E-state index in [0.29, 0.717) is 26.5 Å². The Morgan fingerprint density at radius 3 is 2.67 bits per heavy atom. The number of rotatable bonds is 3. The number of benzene rings is 1. The van der Waals surface area contributed by atoms with Crippen molar-refractivity contribution in [3.8, 4) is 0 Å². The maximum absolute atomic E-state index is 12.5. The highest BCUT2D eigenvalue weighted by Gasteiger charge is 2.23. The molecule has 0 aliphatic rings. The lowest BCUT2D eigenvalue weighted by Gasteiger charge is -2.14. The van der Waals surface area contributed by atoms with Crippen LogP contribution >= 0.6 is 46.3 Å². The monoisotopic (exact) mass is 400 g/mol. The van der Waals surface area contributed by atoms with Crippen LogP contribution in [0.15, 0.2) is 27.3 Å². The van der Waals surface area contributed by atoms with Crippen molar-refractivity contribution in [3.63, 3.8) is 0 Å². The minimum absolute atomic E-state index is 0.222. The maximum atomic E-state index is 12.5. The van der Waals surface area contributed by atoms with E-state index in [9.17, 15) is 4.79 Å². The fourth-order valence-electron chi connectivity index (χ4n) is 2.00. The Morgan fingerprint density at radius 1 is 1.25 bits per heavy atom. The van der Waals surface area contributed by atoms with E-state index >= 15 is 0 Å². The first-order valence-corrected chi connectivity index (χ1v) is 9.65. The van der Waals surface area contributed by atoms with Crippen LogP contribution in [-0.2, 0) is 11.2 Å². The number of hydrogen-bond donors (Lipinski definition) is 0. The maximum Gasteiger partial charge on any atom is 0.297 e. The van der Waals surface area contributed by atoms with Gasteiger partial charge in [-0.05, 0) is 17.7 Å². The molecule has 0 saturated heterocycles. The van der Waals surface area contributed by atoms with Gasteiger partial charge in [0.1, 0.15) is 5.69 Å². The van der Waals surface area contributed by atoms with Crippen LogP contribution in [0.2, 0.25) is 10.0 Å². The van der Waals surface area contributed by atoms with E-state index in [2.05, 4.69) is 15.3 Å². The number of aromatic nitrogens is 4. The Balaban J connectivity index is 1.89. The Kier molecular flexibility index (Phi) is 4.88. The first-order chi connectivity index (χ1) is 11.3. The molecule has 2 aromatic heterocycles. The lowest BCUT2D eigenvalue weighted by molar-refractivity contribution is 0.541. The zero-order chi connectivity index (χ0) is 17.5. The van der Waals surface area contributed by atoms with Gasteiger partial charge in [-0.3, -0.25) is 4.79 Å². The van der Waals surface area contributed by atoms with Crippen molar-refractivity contribution in [2.75, 3.05) is 0 Å². The van der Waals surface area contributed by atoms with Crippen molar-refractivity contribution in [3.05, 3.63) is 49.9 Å². The van der Waals surface area contributed by atoms with Gasteiger partial charge in [-0.25, -0.2) is 0 Å². The third-order valence-corrected chi connectivity index (χ3v) is 5.92. The lowest BCUT2D eigenvalue weighted by Crippen LogP contribution is -2.30. The Hall–Kier alpha value is -1.15. The first kappa shape index (κ1) is 17.7. The summed E-state index contributed by atoms with van der Waals surface area (Å²) in [5.41, 5.74) is 0.765. The van der Waals surface area contributed by atoms with Gasteiger partial charge in [-0.1, -0.05) is 73.1 Å². The van der Waals surface area contributed by atoms with E-state index in [-0.39, 0.29) is 11.0 Å². The molecular formula is C15H14Cl2N4OS2. The second-order valence-corrected chi connectivity index (χ2v) is 9.21. The first-order valence-electron chi connectivity index (χ1n) is 7.09. The van der Waals surface area contributed by atoms with Crippen molar-refractivity contribution >= 4 is 51.3 Å². The Bertz CT molecular complexity index is 962. The van der Waals surface area contributed by atoms with E-state index in [1.54, 1.807) is 12.1 Å². The van der Waals surface area contributed by atoms with Gasteiger partial charge < -0.3 is 0 Å². The van der Waals surface area contributed by atoms with Gasteiger partial charge in [0.25, 0.3) is 5.56 Å². The molecular weight excluding hydrogens is 387 g/mol. The standard InChI is InChI=1S/C15H14Cl2N4OS2/c1-15(2,3)11-12(22)21-13(19-18-11)24-14(20-21)23-7-8-4-5-9(16)6-10(8)17/h4-6H,7H2,1-3H3. The van der Waals surface area contributed by atoms with Gasteiger partial charge in [0.15, 0.2) is 4.34 Å². The van der Waals surface area contributed by atoms with Crippen LogP contribution in [0.4, 0.5) is 0 Å². The minimum atomic E-state index is -0.376. The van der Waals surface area contributed by atoms with Crippen LogP contribution in [0.1, 0.15) is 32.0 Å². The molecule has 3 rings (SSSR count). The molecule has 126 valence electrons. The molecule has 24 heavy (non-hydrogen) atoms. The van der Waals surface area contributed by atoms with Crippen molar-refractivity contribution < 1.29 is 0 Å². The minimum Gasteiger partial charge on any atom is -0.265 e. The van der Waals surface area contributed by atoms with Gasteiger partial charge in [-0.15, -0.1) is 15.3 Å². The summed E-state index contributed by atoms with van der Waals surface area (Å²) in [6, 6.07) is 5.39. The SMILES string of the molecule is CC(C)(C)c1nnc2sc(SCc3ccc(Cl)cc3Cl)nn2c1=O. The fourth-order valence-corrected chi connectivity index (χ4v) is 4.44. The quantitative estimate of drug-likeness (QED) is 0.607. The molecule has 0 amide bonds. The molecule has 0 unspecified atom stereocenters. The van der Waals surface area contributed by atoms with Gasteiger partial charge in [0.05, 0.1) is 0 Å². The zero-order valence-electron chi connectivity index (χ0n) is 13.2. The molecule has 1 aromatic carbocycles. The molecule has 5 nitrogen and oxygen atoms in total. The van der Waals surface area contributed by atoms with E-state index in [4.69, 9.17) is 23.2 Å². The third kappa shape index (κ3) is 3.59. The summed E-state index contributed by atoms with van der Waals surface area (Å²) in [5, 5.41) is 13.8. The number of fused-ring (bicyclic) bond motifs is 1. The van der Waals surface area contributed by atoms with Crippen molar-refractivity contribution in [2.45, 2.75) is 36.3 Å². The normalized spacial score (nSPS) is 12.0. The van der Waals surface area contributed by atoms with Crippen LogP contribution < -0.4 is 5.56 Å². The van der Waals surface area contributed by atoms with Crippen LogP contribution in [-0.4, -0.2) is 19.8 Å². The zero-order valence-corrected chi connectivity index (χ0v) is 16.4. The molecule has 0 saturated carbocycles. The summed E-state index contributed by atoms with van der Waals surface area (Å²) in [7, 11) is 0. The molecule has 0 bridgehead atoms. The van der Waals surface area contributed by atoms with Crippen LogP contribution in [0.25, 0.3) is 4.96 Å². The molecule has 0 aliphatic heterocycles. The molecule has 0 fully saturated rings. The summed E-state index contributed by atoms with van der Waals surface area (Å²) in [5.74, 6) is 0.629. The summed E-state index contributed by atoms with van der Waals surface area (Å²) in [6.07, 6.45) is 0. The second-order valence-electron chi connectivity index (χ2n) is 6.19. The largest absolute Gasteiger partial charge is 0.297 e. The number of thioether (sulfide) groups is 1. The predicted octanol–water partition coefficient (Wildman–Crippen LogP) is 4.44. The predicted molar refractivity (Wildman–Crippen MR) is 99.7 cm³/mol. The summed E-state index contributed by atoms with van der Waals surface area (Å²) in [6.45, 7) is 5.78. The Morgan fingerprint density at radius 2 is 2.00 bits per heavy atom. The van der Waals surface area contributed by atoms with Crippen LogP contribution in [0, 0.1) is 0 Å². The van der Waals surface area contributed by atoms with Crippen LogP contribution in [0.3, 0.4) is 0 Å². The van der Waals surface area contributed by atoms with Gasteiger partial charge in [0, 0.05) is 21.2 Å². The molecule has 2 heterocycles. The highest BCUT2D eigenvalue weighted by molar-refractivity contribution is 8.00. The van der Waals surface area contributed by atoms with Gasteiger partial charge >= 0.3 is 0 Å². The highest BCUT2D eigenvalue weighted by Crippen LogP contribution is 2.30. The fraction of sp³-hybridized carbons (Fsp3) is 0.333. The lowest BCUT2D eigenvalue weighted by atomic mass is 9.93. The van der Waals surface area contributed by atoms with Gasteiger partial charge in [-0.2, -0.15) is 4.52 Å². The van der Waals surface area contributed by atoms with E-state index in [1.165, 1.54) is 27.6 Å².